The van der Waals surface area contributed by atoms with Crippen molar-refractivity contribution in [3.63, 3.8) is 0 Å². The molecule has 0 fully saturated rings. The van der Waals surface area contributed by atoms with E-state index >= 15 is 0 Å². The van der Waals surface area contributed by atoms with Gasteiger partial charge in [-0.2, -0.15) is 0 Å². The molecule has 0 bridgehead atoms. The third-order valence-corrected chi connectivity index (χ3v) is 3.95. The van der Waals surface area contributed by atoms with Gasteiger partial charge >= 0.3 is 0 Å². The molecule has 0 saturated heterocycles. The van der Waals surface area contributed by atoms with E-state index in [4.69, 9.17) is 10.7 Å². The zero-order valence-corrected chi connectivity index (χ0v) is 10.3. The lowest BCUT2D eigenvalue weighted by Crippen LogP contribution is -2.14. The van der Waals surface area contributed by atoms with Gasteiger partial charge in [-0.3, -0.25) is 0 Å². The molecule has 1 aliphatic rings. The monoisotopic (exact) mass is 229 g/mol. The molecule has 0 aliphatic heterocycles. The fraction of sp³-hybridized carbons (Fsp3) is 0.500. The van der Waals surface area contributed by atoms with Gasteiger partial charge in [-0.1, -0.05) is 19.4 Å². The summed E-state index contributed by atoms with van der Waals surface area (Å²) in [5.74, 6) is 0.823. The van der Waals surface area contributed by atoms with E-state index in [1.807, 2.05) is 0 Å². The maximum absolute atomic E-state index is 5.71. The number of nitrogens with two attached hydrogens (primary N) is 1. The topological polar surface area (TPSA) is 43.3 Å². The Morgan fingerprint density at radius 1 is 1.47 bits per heavy atom. The van der Waals surface area contributed by atoms with Gasteiger partial charge in [-0.05, 0) is 36.8 Å². The van der Waals surface area contributed by atoms with Gasteiger partial charge in [-0.25, -0.2) is 4.98 Å². The third-order valence-electron chi connectivity index (χ3n) is 3.95. The van der Waals surface area contributed by atoms with Crippen LogP contribution in [0.2, 0.25) is 0 Å². The smallest absolute Gasteiger partial charge is 0.137 e. The van der Waals surface area contributed by atoms with Gasteiger partial charge in [0.25, 0.3) is 0 Å². The molecular formula is C14H19N3. The fourth-order valence-electron chi connectivity index (χ4n) is 2.79. The summed E-state index contributed by atoms with van der Waals surface area (Å²) >= 11 is 0. The molecule has 0 saturated carbocycles. The molecule has 2 heterocycles. The average molecular weight is 229 g/mol. The Kier molecular flexibility index (Phi) is 2.63. The minimum atomic E-state index is 0.597. The minimum Gasteiger partial charge on any atom is -0.326 e. The van der Waals surface area contributed by atoms with Crippen LogP contribution in [0.15, 0.2) is 18.3 Å². The summed E-state index contributed by atoms with van der Waals surface area (Å²) in [6, 6.07) is 4.16. The first kappa shape index (κ1) is 10.8. The van der Waals surface area contributed by atoms with Crippen molar-refractivity contribution < 1.29 is 0 Å². The van der Waals surface area contributed by atoms with Crippen LogP contribution in [-0.4, -0.2) is 9.38 Å². The maximum Gasteiger partial charge on any atom is 0.137 e. The van der Waals surface area contributed by atoms with E-state index < -0.39 is 0 Å². The van der Waals surface area contributed by atoms with Crippen LogP contribution >= 0.6 is 0 Å². The highest BCUT2D eigenvalue weighted by atomic mass is 15.0. The van der Waals surface area contributed by atoms with Gasteiger partial charge in [0.1, 0.15) is 5.65 Å². The molecule has 0 radical (unpaired) electrons. The molecule has 3 nitrogen and oxygen atoms in total. The highest BCUT2D eigenvalue weighted by Gasteiger charge is 2.21. The van der Waals surface area contributed by atoms with Gasteiger partial charge in [0.05, 0.1) is 5.69 Å². The molecule has 3 rings (SSSR count). The Labute approximate surface area is 102 Å². The predicted octanol–water partition coefficient (Wildman–Crippen LogP) is 2.31. The van der Waals surface area contributed by atoms with E-state index in [9.17, 15) is 0 Å². The number of aromatic nitrogens is 2. The molecule has 2 N–H and O–H groups in total. The zero-order valence-electron chi connectivity index (χ0n) is 10.3. The van der Waals surface area contributed by atoms with E-state index in [-0.39, 0.29) is 0 Å². The largest absolute Gasteiger partial charge is 0.326 e. The van der Waals surface area contributed by atoms with Crippen LogP contribution in [0.25, 0.3) is 5.65 Å². The normalized spacial score (nSPS) is 19.5. The first-order valence-corrected chi connectivity index (χ1v) is 6.50. The molecule has 0 spiro atoms. The highest BCUT2D eigenvalue weighted by Crippen LogP contribution is 2.28. The lowest BCUT2D eigenvalue weighted by molar-refractivity contribution is 0.435. The number of hydrogen-bond donors (Lipinski definition) is 1. The summed E-state index contributed by atoms with van der Waals surface area (Å²) in [7, 11) is 0. The summed E-state index contributed by atoms with van der Waals surface area (Å²) in [4.78, 5) is 4.72. The molecule has 2 aromatic heterocycles. The Balaban J connectivity index is 2.12. The number of nitrogens with zero attached hydrogens (tertiary/aromatic N) is 2. The van der Waals surface area contributed by atoms with E-state index in [2.05, 4.69) is 29.7 Å². The zero-order chi connectivity index (χ0) is 11.8. The highest BCUT2D eigenvalue weighted by molar-refractivity contribution is 5.45. The lowest BCUT2D eigenvalue weighted by Gasteiger charge is -2.20. The molecule has 1 atom stereocenters. The summed E-state index contributed by atoms with van der Waals surface area (Å²) in [6.07, 6.45) is 7.01. The van der Waals surface area contributed by atoms with Crippen molar-refractivity contribution in [2.75, 3.05) is 0 Å². The molecular weight excluding hydrogens is 210 g/mol. The van der Waals surface area contributed by atoms with Crippen molar-refractivity contribution in [2.24, 2.45) is 11.7 Å². The molecule has 2 aromatic rings. The van der Waals surface area contributed by atoms with Gasteiger partial charge in [0, 0.05) is 18.4 Å². The fourth-order valence-corrected chi connectivity index (χ4v) is 2.79. The minimum absolute atomic E-state index is 0.597. The number of aryl methyl sites for hydroxylation is 1. The van der Waals surface area contributed by atoms with E-state index in [1.165, 1.54) is 36.2 Å². The summed E-state index contributed by atoms with van der Waals surface area (Å²) in [6.45, 7) is 2.88. The number of imidazole rings is 1. The molecule has 1 unspecified atom stereocenters. The Bertz CT molecular complexity index is 542. The first-order chi connectivity index (χ1) is 8.31. The SMILES string of the molecule is CCC1CCc2nc3ccc(CN)cn3c2C1. The van der Waals surface area contributed by atoms with Crippen molar-refractivity contribution in [3.05, 3.63) is 35.3 Å². The van der Waals surface area contributed by atoms with Crippen LogP contribution < -0.4 is 5.73 Å². The van der Waals surface area contributed by atoms with E-state index in [0.717, 1.165) is 18.0 Å². The van der Waals surface area contributed by atoms with Crippen molar-refractivity contribution in [2.45, 2.75) is 39.2 Å². The predicted molar refractivity (Wildman–Crippen MR) is 68.9 cm³/mol. The molecule has 17 heavy (non-hydrogen) atoms. The molecule has 3 heteroatoms. The lowest BCUT2D eigenvalue weighted by atomic mass is 9.88. The summed E-state index contributed by atoms with van der Waals surface area (Å²) < 4.78 is 2.25. The van der Waals surface area contributed by atoms with E-state index in [1.54, 1.807) is 0 Å². The Morgan fingerprint density at radius 2 is 2.35 bits per heavy atom. The Morgan fingerprint density at radius 3 is 3.12 bits per heavy atom. The van der Waals surface area contributed by atoms with Gasteiger partial charge in [0.2, 0.25) is 0 Å². The van der Waals surface area contributed by atoms with Crippen molar-refractivity contribution in [1.29, 1.82) is 0 Å². The number of rotatable bonds is 2. The summed E-state index contributed by atoms with van der Waals surface area (Å²) in [5, 5.41) is 0. The average Bonchev–Trinajstić information content (AvgIpc) is 2.75. The second-order valence-corrected chi connectivity index (χ2v) is 4.99. The first-order valence-electron chi connectivity index (χ1n) is 6.50. The van der Waals surface area contributed by atoms with Crippen LogP contribution in [0.5, 0.6) is 0 Å². The standard InChI is InChI=1S/C14H19N3/c1-2-10-3-5-12-13(7-10)17-9-11(8-15)4-6-14(17)16-12/h4,6,9-10H,2-3,5,7-8,15H2,1H3. The molecule has 1 aliphatic carbocycles. The molecule has 0 amide bonds. The second kappa shape index (κ2) is 4.15. The van der Waals surface area contributed by atoms with Gasteiger partial charge in [0.15, 0.2) is 0 Å². The van der Waals surface area contributed by atoms with E-state index in [0.29, 0.717) is 6.54 Å². The Hall–Kier alpha value is -1.35. The second-order valence-electron chi connectivity index (χ2n) is 4.99. The molecule has 90 valence electrons. The van der Waals surface area contributed by atoms with Gasteiger partial charge in [-0.15, -0.1) is 0 Å². The van der Waals surface area contributed by atoms with Crippen LogP contribution in [0, 0.1) is 5.92 Å². The number of hydrogen-bond acceptors (Lipinski definition) is 2. The van der Waals surface area contributed by atoms with Crippen LogP contribution in [0.3, 0.4) is 0 Å². The quantitative estimate of drug-likeness (QED) is 0.858. The van der Waals surface area contributed by atoms with Crippen LogP contribution in [-0.2, 0) is 19.4 Å². The third kappa shape index (κ3) is 1.75. The van der Waals surface area contributed by atoms with Gasteiger partial charge < -0.3 is 10.1 Å². The molecule has 0 aromatic carbocycles. The van der Waals surface area contributed by atoms with Crippen molar-refractivity contribution >= 4 is 5.65 Å². The number of pyridine rings is 1. The number of fused-ring (bicyclic) bond motifs is 3. The maximum atomic E-state index is 5.71. The van der Waals surface area contributed by atoms with Crippen LogP contribution in [0.4, 0.5) is 0 Å². The summed E-state index contributed by atoms with van der Waals surface area (Å²) in [5.41, 5.74) is 10.7. The van der Waals surface area contributed by atoms with Crippen molar-refractivity contribution in [3.8, 4) is 0 Å². The van der Waals surface area contributed by atoms with Crippen molar-refractivity contribution in [1.82, 2.24) is 9.38 Å². The van der Waals surface area contributed by atoms with Crippen LogP contribution in [0.1, 0.15) is 36.7 Å².